The van der Waals surface area contributed by atoms with Crippen molar-refractivity contribution in [2.75, 3.05) is 20.3 Å². The van der Waals surface area contributed by atoms with Crippen LogP contribution in [0.3, 0.4) is 0 Å². The van der Waals surface area contributed by atoms with Gasteiger partial charge in [0.25, 0.3) is 0 Å². The Bertz CT molecular complexity index is 356. The van der Waals surface area contributed by atoms with Gasteiger partial charge in [0.15, 0.2) is 0 Å². The summed E-state index contributed by atoms with van der Waals surface area (Å²) in [6.45, 7) is 8.35. The van der Waals surface area contributed by atoms with E-state index in [9.17, 15) is 0 Å². The number of nitrogens with one attached hydrogen (secondary N) is 1. The fourth-order valence-electron chi connectivity index (χ4n) is 1.35. The highest BCUT2D eigenvalue weighted by Crippen LogP contribution is 2.16. The zero-order chi connectivity index (χ0) is 13.4. The molecule has 0 fully saturated rings. The predicted molar refractivity (Wildman–Crippen MR) is 70.6 cm³/mol. The fourth-order valence-corrected chi connectivity index (χ4v) is 1.35. The molecular weight excluding hydrogens is 230 g/mol. The first-order valence-corrected chi connectivity index (χ1v) is 6.26. The summed E-state index contributed by atoms with van der Waals surface area (Å²) >= 11 is 0. The maximum Gasteiger partial charge on any atom is 0.220 e. The van der Waals surface area contributed by atoms with Gasteiger partial charge in [-0.3, -0.25) is 0 Å². The van der Waals surface area contributed by atoms with Crippen molar-refractivity contribution in [2.45, 2.75) is 39.3 Å². The summed E-state index contributed by atoms with van der Waals surface area (Å²) in [5, 5.41) is 3.24. The van der Waals surface area contributed by atoms with E-state index in [2.05, 4.69) is 22.2 Å². The average molecular weight is 253 g/mol. The van der Waals surface area contributed by atoms with Crippen molar-refractivity contribution in [3.63, 3.8) is 0 Å². The van der Waals surface area contributed by atoms with Crippen LogP contribution in [0, 0.1) is 0 Å². The summed E-state index contributed by atoms with van der Waals surface area (Å²) in [5.74, 6) is 0.651. The zero-order valence-electron chi connectivity index (χ0n) is 11.7. The van der Waals surface area contributed by atoms with E-state index in [0.29, 0.717) is 12.5 Å². The Kier molecular flexibility index (Phi) is 6.01. The Morgan fingerprint density at radius 1 is 1.39 bits per heavy atom. The second kappa shape index (κ2) is 7.28. The first-order chi connectivity index (χ1) is 8.59. The number of methoxy groups -OCH3 is 1. The second-order valence-electron chi connectivity index (χ2n) is 4.70. The summed E-state index contributed by atoms with van der Waals surface area (Å²) in [5.41, 5.74) is 0.809. The third kappa shape index (κ3) is 4.98. The average Bonchev–Trinajstić information content (AvgIpc) is 2.37. The van der Waals surface area contributed by atoms with Crippen LogP contribution in [0.1, 0.15) is 32.8 Å². The summed E-state index contributed by atoms with van der Waals surface area (Å²) in [6, 6.07) is 0. The maximum atomic E-state index is 5.70. The molecule has 5 heteroatoms. The van der Waals surface area contributed by atoms with E-state index in [1.807, 2.05) is 13.8 Å². The summed E-state index contributed by atoms with van der Waals surface area (Å²) in [6.07, 6.45) is 4.10. The van der Waals surface area contributed by atoms with Gasteiger partial charge in [0.2, 0.25) is 5.88 Å². The number of aromatic nitrogens is 2. The maximum absolute atomic E-state index is 5.70. The Morgan fingerprint density at radius 2 is 2.17 bits per heavy atom. The highest BCUT2D eigenvalue weighted by Gasteiger charge is 2.16. The van der Waals surface area contributed by atoms with E-state index < -0.39 is 0 Å². The number of hydrogen-bond donors (Lipinski definition) is 1. The smallest absolute Gasteiger partial charge is 0.220 e. The van der Waals surface area contributed by atoms with E-state index in [0.717, 1.165) is 25.1 Å². The Balaban J connectivity index is 2.51. The molecule has 1 aromatic heterocycles. The highest BCUT2D eigenvalue weighted by molar-refractivity contribution is 5.21. The predicted octanol–water partition coefficient (Wildman–Crippen LogP) is 1.78. The van der Waals surface area contributed by atoms with Crippen LogP contribution in [0.2, 0.25) is 0 Å². The van der Waals surface area contributed by atoms with Crippen molar-refractivity contribution in [2.24, 2.45) is 0 Å². The van der Waals surface area contributed by atoms with Crippen LogP contribution in [0.25, 0.3) is 0 Å². The van der Waals surface area contributed by atoms with Gasteiger partial charge in [0.1, 0.15) is 6.33 Å². The molecule has 0 aromatic carbocycles. The van der Waals surface area contributed by atoms with Gasteiger partial charge in [-0.25, -0.2) is 9.97 Å². The molecule has 18 heavy (non-hydrogen) atoms. The molecule has 0 atom stereocenters. The first kappa shape index (κ1) is 14.9. The lowest BCUT2D eigenvalue weighted by Gasteiger charge is -2.22. The van der Waals surface area contributed by atoms with Crippen molar-refractivity contribution in [3.8, 4) is 5.88 Å². The molecule has 0 bridgehead atoms. The van der Waals surface area contributed by atoms with Gasteiger partial charge in [-0.2, -0.15) is 0 Å². The van der Waals surface area contributed by atoms with Crippen molar-refractivity contribution < 1.29 is 9.47 Å². The highest BCUT2D eigenvalue weighted by atomic mass is 16.5. The molecule has 0 spiro atoms. The van der Waals surface area contributed by atoms with E-state index in [1.54, 1.807) is 13.3 Å². The van der Waals surface area contributed by atoms with Crippen LogP contribution in [0.5, 0.6) is 5.88 Å². The normalized spacial score (nSPS) is 11.6. The molecule has 1 rings (SSSR count). The quantitative estimate of drug-likeness (QED) is 0.765. The van der Waals surface area contributed by atoms with Crippen LogP contribution < -0.4 is 10.1 Å². The minimum atomic E-state index is -0.172. The zero-order valence-corrected chi connectivity index (χ0v) is 11.7. The third-order valence-electron chi connectivity index (χ3n) is 2.81. The standard InChI is InChI=1S/C13H23N3O2/c1-5-14-8-11-9-15-10-16-12(11)18-7-6-13(2,3)17-4/h9-10,14H,5-8H2,1-4H3. The summed E-state index contributed by atoms with van der Waals surface area (Å²) in [4.78, 5) is 8.18. The molecule has 102 valence electrons. The van der Waals surface area contributed by atoms with Crippen molar-refractivity contribution in [3.05, 3.63) is 18.1 Å². The van der Waals surface area contributed by atoms with Gasteiger partial charge >= 0.3 is 0 Å². The van der Waals surface area contributed by atoms with E-state index in [-0.39, 0.29) is 5.60 Å². The van der Waals surface area contributed by atoms with Gasteiger partial charge < -0.3 is 14.8 Å². The molecule has 5 nitrogen and oxygen atoms in total. The van der Waals surface area contributed by atoms with Gasteiger partial charge in [0.05, 0.1) is 12.2 Å². The van der Waals surface area contributed by atoms with Gasteiger partial charge in [-0.05, 0) is 20.4 Å². The fraction of sp³-hybridized carbons (Fsp3) is 0.692. The number of rotatable bonds is 8. The van der Waals surface area contributed by atoms with Gasteiger partial charge in [-0.1, -0.05) is 6.92 Å². The van der Waals surface area contributed by atoms with Gasteiger partial charge in [0, 0.05) is 31.8 Å². The molecule has 1 N–H and O–H groups in total. The topological polar surface area (TPSA) is 56.3 Å². The molecular formula is C13H23N3O2. The molecule has 0 saturated heterocycles. The largest absolute Gasteiger partial charge is 0.477 e. The summed E-state index contributed by atoms with van der Waals surface area (Å²) < 4.78 is 11.0. The summed E-state index contributed by atoms with van der Waals surface area (Å²) in [7, 11) is 1.71. The lowest BCUT2D eigenvalue weighted by Crippen LogP contribution is -2.25. The van der Waals surface area contributed by atoms with E-state index in [1.165, 1.54) is 6.33 Å². The molecule has 0 aliphatic carbocycles. The minimum Gasteiger partial charge on any atom is -0.477 e. The van der Waals surface area contributed by atoms with Crippen molar-refractivity contribution >= 4 is 0 Å². The molecule has 0 saturated carbocycles. The Labute approximate surface area is 109 Å². The lowest BCUT2D eigenvalue weighted by atomic mass is 10.1. The van der Waals surface area contributed by atoms with Crippen LogP contribution in [0.15, 0.2) is 12.5 Å². The molecule has 0 radical (unpaired) electrons. The van der Waals surface area contributed by atoms with Crippen LogP contribution in [0.4, 0.5) is 0 Å². The molecule has 0 aliphatic rings. The third-order valence-corrected chi connectivity index (χ3v) is 2.81. The number of nitrogens with zero attached hydrogens (tertiary/aromatic N) is 2. The molecule has 1 aromatic rings. The van der Waals surface area contributed by atoms with Crippen molar-refractivity contribution in [1.82, 2.24) is 15.3 Å². The van der Waals surface area contributed by atoms with E-state index in [4.69, 9.17) is 9.47 Å². The minimum absolute atomic E-state index is 0.172. The Morgan fingerprint density at radius 3 is 2.83 bits per heavy atom. The first-order valence-electron chi connectivity index (χ1n) is 6.26. The SMILES string of the molecule is CCNCc1cncnc1OCCC(C)(C)OC. The van der Waals surface area contributed by atoms with Crippen LogP contribution >= 0.6 is 0 Å². The van der Waals surface area contributed by atoms with Gasteiger partial charge in [-0.15, -0.1) is 0 Å². The molecule has 0 amide bonds. The molecule has 0 unspecified atom stereocenters. The Hall–Kier alpha value is -1.20. The van der Waals surface area contributed by atoms with Crippen LogP contribution in [-0.4, -0.2) is 35.8 Å². The van der Waals surface area contributed by atoms with Crippen molar-refractivity contribution in [1.29, 1.82) is 0 Å². The second-order valence-corrected chi connectivity index (χ2v) is 4.70. The lowest BCUT2D eigenvalue weighted by molar-refractivity contribution is 0.00498. The number of hydrogen-bond acceptors (Lipinski definition) is 5. The molecule has 1 heterocycles. The number of ether oxygens (including phenoxy) is 2. The van der Waals surface area contributed by atoms with Crippen LogP contribution in [-0.2, 0) is 11.3 Å². The molecule has 0 aliphatic heterocycles. The van der Waals surface area contributed by atoms with E-state index >= 15 is 0 Å². The monoisotopic (exact) mass is 253 g/mol.